The molecule has 0 bridgehead atoms. The lowest BCUT2D eigenvalue weighted by Gasteiger charge is -2.41. The van der Waals surface area contributed by atoms with Crippen molar-refractivity contribution in [2.24, 2.45) is 0 Å². The van der Waals surface area contributed by atoms with Crippen molar-refractivity contribution < 1.29 is 4.42 Å². The SMILES string of the molecule is Cc1cc2c3c(c1)-n1c4sc5ccccc5c4c4cc(C(C)(C)C)cc(c41)B3c1ccc(N(c3ccc(C(C)(C)C)cc3)c3ccc(C(C)(C)C)cc3)cc1N2c1cccc2c1oc1cc(C(C)(C)C)ccc12. The van der Waals surface area contributed by atoms with Crippen LogP contribution in [0.25, 0.3) is 58.8 Å². The van der Waals surface area contributed by atoms with Crippen molar-refractivity contribution in [2.45, 2.75) is 112 Å². The number of aryl methyl sites for hydroxylation is 1. The van der Waals surface area contributed by atoms with Crippen LogP contribution in [0.4, 0.5) is 34.1 Å². The molecule has 5 heterocycles. The van der Waals surface area contributed by atoms with Crippen molar-refractivity contribution in [1.29, 1.82) is 0 Å². The van der Waals surface area contributed by atoms with Gasteiger partial charge in [-0.15, -0.1) is 11.3 Å². The Bertz CT molecular complexity index is 4030. The van der Waals surface area contributed by atoms with Gasteiger partial charge in [-0.2, -0.15) is 0 Å². The summed E-state index contributed by atoms with van der Waals surface area (Å²) in [6, 6.07) is 58.3. The summed E-state index contributed by atoms with van der Waals surface area (Å²) in [5.41, 5.74) is 21.5. The van der Waals surface area contributed by atoms with E-state index in [0.29, 0.717) is 0 Å². The first-order valence-corrected chi connectivity index (χ1v) is 27.0. The number of fused-ring (bicyclic) bond motifs is 12. The molecule has 0 fully saturated rings. The molecule has 0 N–H and O–H groups in total. The van der Waals surface area contributed by atoms with Crippen molar-refractivity contribution in [3.8, 4) is 5.69 Å². The molecule has 0 saturated carbocycles. The van der Waals surface area contributed by atoms with Gasteiger partial charge in [0.15, 0.2) is 5.58 Å². The Kier molecular flexibility index (Phi) is 9.73. The van der Waals surface area contributed by atoms with E-state index in [-0.39, 0.29) is 28.4 Å². The molecule has 0 aliphatic carbocycles. The van der Waals surface area contributed by atoms with Crippen LogP contribution in [-0.2, 0) is 21.7 Å². The lowest BCUT2D eigenvalue weighted by atomic mass is 9.33. The Labute approximate surface area is 435 Å². The second-order valence-corrected chi connectivity index (χ2v) is 26.2. The minimum atomic E-state index is -0.0793. The summed E-state index contributed by atoms with van der Waals surface area (Å²) in [4.78, 5) is 6.32. The van der Waals surface area contributed by atoms with E-state index in [0.717, 1.165) is 50.4 Å². The van der Waals surface area contributed by atoms with Gasteiger partial charge >= 0.3 is 0 Å². The highest BCUT2D eigenvalue weighted by Crippen LogP contribution is 2.50. The molecular weight excluding hydrogens is 906 g/mol. The van der Waals surface area contributed by atoms with Crippen LogP contribution in [0.15, 0.2) is 156 Å². The van der Waals surface area contributed by atoms with Gasteiger partial charge in [0.1, 0.15) is 10.4 Å². The summed E-state index contributed by atoms with van der Waals surface area (Å²) in [5.74, 6) is 0. The fourth-order valence-electron chi connectivity index (χ4n) is 12.0. The van der Waals surface area contributed by atoms with Crippen molar-refractivity contribution in [3.05, 3.63) is 179 Å². The minimum Gasteiger partial charge on any atom is -0.454 e. The van der Waals surface area contributed by atoms with E-state index >= 15 is 0 Å². The molecule has 0 atom stereocenters. The molecule has 4 nitrogen and oxygen atoms in total. The van der Waals surface area contributed by atoms with Crippen LogP contribution in [0.2, 0.25) is 0 Å². The topological polar surface area (TPSA) is 24.6 Å². The van der Waals surface area contributed by atoms with Gasteiger partial charge in [-0.1, -0.05) is 162 Å². The first-order valence-electron chi connectivity index (χ1n) is 26.2. The maximum atomic E-state index is 7.20. The number of para-hydroxylation sites is 1. The highest BCUT2D eigenvalue weighted by atomic mass is 32.1. The Morgan fingerprint density at radius 1 is 0.466 bits per heavy atom. The summed E-state index contributed by atoms with van der Waals surface area (Å²) in [5, 5.41) is 6.28. The van der Waals surface area contributed by atoms with Crippen LogP contribution < -0.4 is 26.2 Å². The van der Waals surface area contributed by atoms with E-state index in [1.165, 1.54) is 86.8 Å². The normalized spacial score (nSPS) is 13.8. The van der Waals surface area contributed by atoms with Gasteiger partial charge < -0.3 is 18.8 Å². The highest BCUT2D eigenvalue weighted by molar-refractivity contribution is 7.26. The molecule has 0 spiro atoms. The van der Waals surface area contributed by atoms with Crippen LogP contribution in [-0.4, -0.2) is 11.3 Å². The first-order chi connectivity index (χ1) is 34.6. The third-order valence-electron chi connectivity index (χ3n) is 16.0. The molecule has 2 aliphatic rings. The lowest BCUT2D eigenvalue weighted by molar-refractivity contribution is 0.587. The highest BCUT2D eigenvalue weighted by Gasteiger charge is 2.44. The molecule has 6 heteroatoms. The number of anilines is 6. The number of thiophene rings is 1. The second kappa shape index (κ2) is 15.5. The maximum Gasteiger partial charge on any atom is 0.252 e. The molecular formula is C67H64BN3OS. The smallest absolute Gasteiger partial charge is 0.252 e. The minimum absolute atomic E-state index is 0.0211. The number of rotatable bonds is 4. The zero-order valence-electron chi connectivity index (χ0n) is 44.7. The Morgan fingerprint density at radius 2 is 1.07 bits per heavy atom. The van der Waals surface area contributed by atoms with Gasteiger partial charge in [0, 0.05) is 65.8 Å². The van der Waals surface area contributed by atoms with Crippen LogP contribution in [0.3, 0.4) is 0 Å². The lowest BCUT2D eigenvalue weighted by Crippen LogP contribution is -2.60. The van der Waals surface area contributed by atoms with Crippen LogP contribution >= 0.6 is 11.3 Å². The number of furan rings is 1. The van der Waals surface area contributed by atoms with Crippen LogP contribution in [0.5, 0.6) is 0 Å². The van der Waals surface area contributed by atoms with Gasteiger partial charge in [0.2, 0.25) is 0 Å². The van der Waals surface area contributed by atoms with Crippen molar-refractivity contribution >= 4 is 122 Å². The molecule has 13 rings (SSSR count). The Morgan fingerprint density at radius 3 is 1.73 bits per heavy atom. The molecule has 11 aromatic rings. The predicted octanol–water partition coefficient (Wildman–Crippen LogP) is 17.5. The van der Waals surface area contributed by atoms with E-state index in [4.69, 9.17) is 4.42 Å². The molecule has 0 saturated heterocycles. The van der Waals surface area contributed by atoms with E-state index in [9.17, 15) is 0 Å². The van der Waals surface area contributed by atoms with Crippen LogP contribution in [0, 0.1) is 6.92 Å². The average molecular weight is 970 g/mol. The quantitative estimate of drug-likeness (QED) is 0.164. The van der Waals surface area contributed by atoms with Crippen molar-refractivity contribution in [3.63, 3.8) is 0 Å². The fourth-order valence-corrected chi connectivity index (χ4v) is 13.3. The molecule has 0 amide bonds. The number of hydrogen-bond acceptors (Lipinski definition) is 4. The average Bonchev–Trinajstić information content (AvgIpc) is 4.01. The van der Waals surface area contributed by atoms with Crippen molar-refractivity contribution in [2.75, 3.05) is 9.80 Å². The Hall–Kier alpha value is -7.02. The fraction of sp³-hybridized carbons (Fsp3) is 0.254. The summed E-state index contributed by atoms with van der Waals surface area (Å²) in [6.45, 7) is 29.9. The van der Waals surface area contributed by atoms with Gasteiger partial charge in [-0.3, -0.25) is 0 Å². The van der Waals surface area contributed by atoms with E-state index in [2.05, 4.69) is 256 Å². The first kappa shape index (κ1) is 45.8. The largest absolute Gasteiger partial charge is 0.454 e. The standard InChI is InChI=1S/C67H64BN3OS/c1-39-33-55-60-56(34-39)71-61-50(59-49-17-14-15-20-58(49)73-63(59)71)35-43(67(11,12)13)36-52(61)68(60)51-32-30-46(69(44-26-21-40(22-27-44)64(2,3)4)45-28-23-41(24-29-45)65(5,6)7)38-54(51)70(55)53-19-16-18-48-47-31-25-42(66(8,9)10)37-57(47)72-62(48)53/h14-38H,1-13H3. The molecule has 362 valence electrons. The van der Waals surface area contributed by atoms with E-state index in [1.54, 1.807) is 0 Å². The van der Waals surface area contributed by atoms with E-state index < -0.39 is 0 Å². The molecule has 0 unspecified atom stereocenters. The third kappa shape index (κ3) is 6.99. The van der Waals surface area contributed by atoms with Gasteiger partial charge in [-0.25, -0.2) is 0 Å². The molecule has 0 radical (unpaired) electrons. The Balaban J connectivity index is 1.14. The molecule has 73 heavy (non-hydrogen) atoms. The van der Waals surface area contributed by atoms with Crippen LogP contribution in [0.1, 0.15) is 111 Å². The zero-order valence-corrected chi connectivity index (χ0v) is 45.5. The number of aromatic nitrogens is 1. The van der Waals surface area contributed by atoms with Gasteiger partial charge in [-0.05, 0) is 146 Å². The second-order valence-electron chi connectivity index (χ2n) is 25.2. The van der Waals surface area contributed by atoms with Gasteiger partial charge in [0.05, 0.1) is 11.2 Å². The summed E-state index contributed by atoms with van der Waals surface area (Å²) >= 11 is 1.92. The molecule has 8 aromatic carbocycles. The molecule has 3 aromatic heterocycles. The summed E-state index contributed by atoms with van der Waals surface area (Å²) < 4.78 is 11.2. The predicted molar refractivity (Wildman–Crippen MR) is 317 cm³/mol. The summed E-state index contributed by atoms with van der Waals surface area (Å²) in [7, 11) is 0. The maximum absolute atomic E-state index is 7.20. The zero-order chi connectivity index (χ0) is 50.8. The number of nitrogens with zero attached hydrogens (tertiary/aromatic N) is 3. The molecule has 2 aliphatic heterocycles. The van der Waals surface area contributed by atoms with E-state index in [1.807, 2.05) is 11.3 Å². The summed E-state index contributed by atoms with van der Waals surface area (Å²) in [6.07, 6.45) is 0. The van der Waals surface area contributed by atoms with Gasteiger partial charge in [0.25, 0.3) is 6.71 Å². The number of benzene rings is 8. The monoisotopic (exact) mass is 969 g/mol. The van der Waals surface area contributed by atoms with Crippen molar-refractivity contribution in [1.82, 2.24) is 4.57 Å². The number of hydrogen-bond donors (Lipinski definition) is 0. The third-order valence-corrected chi connectivity index (χ3v) is 17.2.